The Hall–Kier alpha value is -2.83. The SMILES string of the molecule is COC(=O)c1ccc2[nH]c(-c3cccc(N4CCC(CCCN5CCN(C(C)C)CC5)CC4)c3)cc2c1. The molecule has 0 spiro atoms. The van der Waals surface area contributed by atoms with Crippen molar-refractivity contribution >= 4 is 22.6 Å². The van der Waals surface area contributed by atoms with E-state index in [-0.39, 0.29) is 5.97 Å². The Morgan fingerprint density at radius 1 is 1.00 bits per heavy atom. The van der Waals surface area contributed by atoms with Crippen LogP contribution in [0.1, 0.15) is 49.9 Å². The van der Waals surface area contributed by atoms with Gasteiger partial charge in [0.25, 0.3) is 0 Å². The fraction of sp³-hybridized carbons (Fsp3) is 0.516. The van der Waals surface area contributed by atoms with Gasteiger partial charge in [0.15, 0.2) is 0 Å². The number of piperazine rings is 1. The average Bonchev–Trinajstić information content (AvgIpc) is 3.37. The molecule has 0 atom stereocenters. The number of hydrogen-bond donors (Lipinski definition) is 1. The van der Waals surface area contributed by atoms with Crippen LogP contribution >= 0.6 is 0 Å². The van der Waals surface area contributed by atoms with E-state index in [0.717, 1.165) is 35.6 Å². The summed E-state index contributed by atoms with van der Waals surface area (Å²) in [5, 5.41) is 1.02. The number of benzene rings is 2. The predicted octanol–water partition coefficient (Wildman–Crippen LogP) is 5.64. The molecule has 2 fully saturated rings. The van der Waals surface area contributed by atoms with Crippen LogP contribution in [0.5, 0.6) is 0 Å². The number of nitrogens with zero attached hydrogens (tertiary/aromatic N) is 3. The summed E-state index contributed by atoms with van der Waals surface area (Å²) in [5.74, 6) is 0.550. The van der Waals surface area contributed by atoms with E-state index in [0.29, 0.717) is 11.6 Å². The molecule has 5 rings (SSSR count). The van der Waals surface area contributed by atoms with Crippen molar-refractivity contribution in [3.63, 3.8) is 0 Å². The third kappa shape index (κ3) is 6.19. The van der Waals surface area contributed by atoms with E-state index in [1.54, 1.807) is 0 Å². The highest BCUT2D eigenvalue weighted by Crippen LogP contribution is 2.31. The summed E-state index contributed by atoms with van der Waals surface area (Å²) < 4.78 is 4.87. The van der Waals surface area contributed by atoms with Gasteiger partial charge in [0, 0.05) is 67.6 Å². The molecule has 0 unspecified atom stereocenters. The second kappa shape index (κ2) is 11.7. The number of piperidine rings is 1. The van der Waals surface area contributed by atoms with Crippen LogP contribution in [0, 0.1) is 5.92 Å². The number of esters is 1. The van der Waals surface area contributed by atoms with Crippen molar-refractivity contribution in [3.8, 4) is 11.3 Å². The van der Waals surface area contributed by atoms with Gasteiger partial charge in [-0.05, 0) is 94.0 Å². The van der Waals surface area contributed by atoms with Crippen LogP contribution in [-0.4, -0.2) is 79.7 Å². The van der Waals surface area contributed by atoms with E-state index in [9.17, 15) is 4.79 Å². The molecule has 198 valence electrons. The van der Waals surface area contributed by atoms with Crippen molar-refractivity contribution < 1.29 is 9.53 Å². The van der Waals surface area contributed by atoms with E-state index in [2.05, 4.69) is 63.9 Å². The minimum atomic E-state index is -0.306. The number of nitrogens with one attached hydrogen (secondary N) is 1. The van der Waals surface area contributed by atoms with Gasteiger partial charge < -0.3 is 19.5 Å². The molecule has 6 nitrogen and oxygen atoms in total. The maximum Gasteiger partial charge on any atom is 0.337 e. The van der Waals surface area contributed by atoms with Crippen LogP contribution in [0.4, 0.5) is 5.69 Å². The lowest BCUT2D eigenvalue weighted by Crippen LogP contribution is -2.49. The van der Waals surface area contributed by atoms with Gasteiger partial charge in [0.05, 0.1) is 12.7 Å². The Bertz CT molecular complexity index is 1190. The van der Waals surface area contributed by atoms with Crippen LogP contribution in [0.3, 0.4) is 0 Å². The van der Waals surface area contributed by atoms with Crippen molar-refractivity contribution in [3.05, 3.63) is 54.1 Å². The van der Waals surface area contributed by atoms with Crippen molar-refractivity contribution in [1.82, 2.24) is 14.8 Å². The van der Waals surface area contributed by atoms with E-state index in [4.69, 9.17) is 4.74 Å². The molecule has 0 saturated carbocycles. The summed E-state index contributed by atoms with van der Waals surface area (Å²) in [7, 11) is 1.42. The van der Waals surface area contributed by atoms with Gasteiger partial charge in [-0.15, -0.1) is 0 Å². The standard InChI is InChI=1S/C31H42N4O2/c1-23(2)34-18-16-33(17-19-34)13-5-6-24-11-14-35(15-12-24)28-8-4-7-25(21-28)30-22-27-20-26(31(36)37-3)9-10-29(27)32-30/h4,7-10,20-24,32H,5-6,11-19H2,1-3H3. The minimum absolute atomic E-state index is 0.306. The van der Waals surface area contributed by atoms with Crippen LogP contribution in [0.2, 0.25) is 0 Å². The number of H-pyrrole nitrogens is 1. The van der Waals surface area contributed by atoms with Gasteiger partial charge in [-0.2, -0.15) is 0 Å². The van der Waals surface area contributed by atoms with Crippen LogP contribution in [0.25, 0.3) is 22.2 Å². The molecule has 2 aliphatic rings. The molecule has 2 aromatic carbocycles. The third-order valence-electron chi connectivity index (χ3n) is 8.40. The van der Waals surface area contributed by atoms with Crippen molar-refractivity contribution in [2.24, 2.45) is 5.92 Å². The summed E-state index contributed by atoms with van der Waals surface area (Å²) in [4.78, 5) is 23.2. The first-order chi connectivity index (χ1) is 18.0. The first-order valence-corrected chi connectivity index (χ1v) is 14.0. The molecule has 2 saturated heterocycles. The minimum Gasteiger partial charge on any atom is -0.465 e. The zero-order valence-electron chi connectivity index (χ0n) is 22.7. The molecule has 37 heavy (non-hydrogen) atoms. The van der Waals surface area contributed by atoms with Crippen molar-refractivity contribution in [2.75, 3.05) is 57.8 Å². The normalized spacial score (nSPS) is 18.1. The van der Waals surface area contributed by atoms with E-state index in [1.807, 2.05) is 18.2 Å². The lowest BCUT2D eigenvalue weighted by atomic mass is 9.91. The number of carbonyl (C=O) groups excluding carboxylic acids is 1. The molecule has 2 aliphatic heterocycles. The highest BCUT2D eigenvalue weighted by atomic mass is 16.5. The van der Waals surface area contributed by atoms with E-state index >= 15 is 0 Å². The van der Waals surface area contributed by atoms with E-state index < -0.39 is 0 Å². The molecule has 1 N–H and O–H groups in total. The van der Waals surface area contributed by atoms with Gasteiger partial charge in [-0.25, -0.2) is 4.79 Å². The molecule has 0 bridgehead atoms. The molecule has 1 aromatic heterocycles. The zero-order valence-corrected chi connectivity index (χ0v) is 22.7. The predicted molar refractivity (Wildman–Crippen MR) is 152 cm³/mol. The summed E-state index contributed by atoms with van der Waals surface area (Å²) in [6.45, 7) is 13.1. The lowest BCUT2D eigenvalue weighted by molar-refractivity contribution is 0.0601. The molecular formula is C31H42N4O2. The number of ether oxygens (including phenoxy) is 1. The van der Waals surface area contributed by atoms with Crippen LogP contribution in [0.15, 0.2) is 48.5 Å². The molecule has 0 amide bonds. The summed E-state index contributed by atoms with van der Waals surface area (Å²) >= 11 is 0. The molecule has 6 heteroatoms. The second-order valence-corrected chi connectivity index (χ2v) is 11.1. The topological polar surface area (TPSA) is 51.8 Å². The first-order valence-electron chi connectivity index (χ1n) is 14.0. The number of rotatable bonds is 8. The van der Waals surface area contributed by atoms with Crippen molar-refractivity contribution in [2.45, 2.75) is 45.6 Å². The summed E-state index contributed by atoms with van der Waals surface area (Å²) in [6, 6.07) is 17.3. The van der Waals surface area contributed by atoms with Crippen molar-refractivity contribution in [1.29, 1.82) is 0 Å². The molecular weight excluding hydrogens is 460 g/mol. The number of hydrogen-bond acceptors (Lipinski definition) is 5. The number of fused-ring (bicyclic) bond motifs is 1. The highest BCUT2D eigenvalue weighted by Gasteiger charge is 2.22. The number of methoxy groups -OCH3 is 1. The molecule has 0 aliphatic carbocycles. The molecule has 3 aromatic rings. The number of aromatic nitrogens is 1. The monoisotopic (exact) mass is 502 g/mol. The Kier molecular flexibility index (Phi) is 8.16. The quantitative estimate of drug-likeness (QED) is 0.404. The van der Waals surface area contributed by atoms with Gasteiger partial charge in [-0.3, -0.25) is 4.90 Å². The Labute approximate surface area is 221 Å². The molecule has 0 radical (unpaired) electrons. The van der Waals surface area contributed by atoms with Gasteiger partial charge in [-0.1, -0.05) is 12.1 Å². The number of anilines is 1. The lowest BCUT2D eigenvalue weighted by Gasteiger charge is -2.37. The average molecular weight is 503 g/mol. The Morgan fingerprint density at radius 2 is 1.78 bits per heavy atom. The Morgan fingerprint density at radius 3 is 2.51 bits per heavy atom. The number of aromatic amines is 1. The summed E-state index contributed by atoms with van der Waals surface area (Å²) in [5.41, 5.74) is 5.14. The van der Waals surface area contributed by atoms with E-state index in [1.165, 1.54) is 76.8 Å². The highest BCUT2D eigenvalue weighted by molar-refractivity contribution is 5.96. The summed E-state index contributed by atoms with van der Waals surface area (Å²) in [6.07, 6.45) is 5.27. The van der Waals surface area contributed by atoms with Crippen LogP contribution in [-0.2, 0) is 4.74 Å². The third-order valence-corrected chi connectivity index (χ3v) is 8.40. The Balaban J connectivity index is 1.13. The first kappa shape index (κ1) is 25.8. The number of carbonyl (C=O) groups is 1. The van der Waals surface area contributed by atoms with Gasteiger partial charge in [0.1, 0.15) is 0 Å². The van der Waals surface area contributed by atoms with Gasteiger partial charge in [0.2, 0.25) is 0 Å². The maximum absolute atomic E-state index is 11.9. The smallest absolute Gasteiger partial charge is 0.337 e. The zero-order chi connectivity index (χ0) is 25.8. The fourth-order valence-corrected chi connectivity index (χ4v) is 5.99. The fourth-order valence-electron chi connectivity index (χ4n) is 5.99. The largest absolute Gasteiger partial charge is 0.465 e. The maximum atomic E-state index is 11.9. The molecule has 3 heterocycles. The van der Waals surface area contributed by atoms with Crippen LogP contribution < -0.4 is 4.90 Å². The second-order valence-electron chi connectivity index (χ2n) is 11.1. The van der Waals surface area contributed by atoms with Gasteiger partial charge >= 0.3 is 5.97 Å².